The van der Waals surface area contributed by atoms with Crippen LogP contribution in [0.15, 0.2) is 40.9 Å². The van der Waals surface area contributed by atoms with Crippen molar-refractivity contribution in [2.45, 2.75) is 26.4 Å². The Kier molecular flexibility index (Phi) is 3.42. The fourth-order valence-corrected chi connectivity index (χ4v) is 3.28. The first-order valence-corrected chi connectivity index (χ1v) is 7.60. The Morgan fingerprint density at radius 1 is 1.25 bits per heavy atom. The number of carbonyl (C=O) groups is 1. The molecule has 0 saturated carbocycles. The molecule has 1 aromatic carbocycles. The average Bonchev–Trinajstić information content (AvgIpc) is 2.81. The maximum absolute atomic E-state index is 12.7. The highest BCUT2D eigenvalue weighted by atomic mass is 79.9. The number of halogens is 1. The zero-order chi connectivity index (χ0) is 14.3. The Balaban J connectivity index is 1.91. The second-order valence-electron chi connectivity index (χ2n) is 5.24. The molecular weight excluding hydrogens is 316 g/mol. The molecular formula is C16H17BrN2O. The van der Waals surface area contributed by atoms with Crippen LogP contribution in [0.5, 0.6) is 0 Å². The van der Waals surface area contributed by atoms with Crippen molar-refractivity contribution < 1.29 is 4.79 Å². The van der Waals surface area contributed by atoms with Gasteiger partial charge >= 0.3 is 0 Å². The van der Waals surface area contributed by atoms with Gasteiger partial charge in [0.25, 0.3) is 5.91 Å². The quantitative estimate of drug-likeness (QED) is 0.780. The number of amides is 1. The van der Waals surface area contributed by atoms with Crippen LogP contribution in [0.25, 0.3) is 0 Å². The molecule has 3 nitrogen and oxygen atoms in total. The lowest BCUT2D eigenvalue weighted by Crippen LogP contribution is -2.41. The minimum atomic E-state index is 0.101. The van der Waals surface area contributed by atoms with Crippen LogP contribution in [-0.4, -0.2) is 21.9 Å². The molecule has 1 amide bonds. The number of hydrogen-bond donors (Lipinski definition) is 0. The molecule has 3 rings (SSSR count). The Hall–Kier alpha value is -1.55. The second kappa shape index (κ2) is 5.09. The average molecular weight is 333 g/mol. The molecule has 0 saturated heterocycles. The number of aryl methyl sites for hydroxylation is 1. The number of carbonyl (C=O) groups excluding carboxylic acids is 1. The first-order chi connectivity index (χ1) is 9.58. The van der Waals surface area contributed by atoms with Crippen molar-refractivity contribution in [3.8, 4) is 0 Å². The summed E-state index contributed by atoms with van der Waals surface area (Å²) < 4.78 is 3.24. The molecule has 2 heterocycles. The van der Waals surface area contributed by atoms with E-state index in [4.69, 9.17) is 0 Å². The van der Waals surface area contributed by atoms with Crippen LogP contribution >= 0.6 is 15.9 Å². The van der Waals surface area contributed by atoms with Crippen LogP contribution in [0.3, 0.4) is 0 Å². The van der Waals surface area contributed by atoms with Gasteiger partial charge in [0.15, 0.2) is 0 Å². The highest BCUT2D eigenvalue weighted by Gasteiger charge is 2.28. The molecule has 20 heavy (non-hydrogen) atoms. The molecule has 0 aliphatic carbocycles. The summed E-state index contributed by atoms with van der Waals surface area (Å²) in [7, 11) is 0. The first-order valence-electron chi connectivity index (χ1n) is 6.80. The van der Waals surface area contributed by atoms with E-state index < -0.39 is 0 Å². The highest BCUT2D eigenvalue weighted by Crippen LogP contribution is 2.28. The maximum atomic E-state index is 12.7. The summed E-state index contributed by atoms with van der Waals surface area (Å²) in [6.45, 7) is 5.84. The molecule has 1 unspecified atom stereocenters. The van der Waals surface area contributed by atoms with Gasteiger partial charge in [0, 0.05) is 34.5 Å². The molecule has 1 aromatic heterocycles. The lowest BCUT2D eigenvalue weighted by molar-refractivity contribution is 0.0643. The van der Waals surface area contributed by atoms with E-state index in [0.29, 0.717) is 0 Å². The van der Waals surface area contributed by atoms with Gasteiger partial charge in [0.2, 0.25) is 0 Å². The standard InChI is InChI=1S/C16H17BrN2O/c1-11-6-7-15-12(2)19(9-8-18(11)15)16(20)13-4-3-5-14(17)10-13/h3-7,10,12H,8-9H2,1-2H3. The van der Waals surface area contributed by atoms with Gasteiger partial charge in [0.05, 0.1) is 6.04 Å². The predicted molar refractivity (Wildman–Crippen MR) is 82.8 cm³/mol. The molecule has 0 bridgehead atoms. The van der Waals surface area contributed by atoms with Gasteiger partial charge in [-0.1, -0.05) is 22.0 Å². The third kappa shape index (κ3) is 2.18. The summed E-state index contributed by atoms with van der Waals surface area (Å²) in [5.41, 5.74) is 3.22. The normalized spacial score (nSPS) is 17.9. The van der Waals surface area contributed by atoms with Gasteiger partial charge in [-0.05, 0) is 44.2 Å². The van der Waals surface area contributed by atoms with Crippen molar-refractivity contribution in [1.29, 1.82) is 0 Å². The minimum absolute atomic E-state index is 0.101. The van der Waals surface area contributed by atoms with Crippen LogP contribution < -0.4 is 0 Å². The summed E-state index contributed by atoms with van der Waals surface area (Å²) in [4.78, 5) is 14.6. The van der Waals surface area contributed by atoms with E-state index in [1.807, 2.05) is 29.2 Å². The molecule has 2 aromatic rings. The molecule has 1 aliphatic rings. The van der Waals surface area contributed by atoms with Crippen molar-refractivity contribution in [1.82, 2.24) is 9.47 Å². The SMILES string of the molecule is Cc1ccc2n1CCN(C(=O)c1cccc(Br)c1)C2C. The molecule has 1 atom stereocenters. The first kappa shape index (κ1) is 13.4. The van der Waals surface area contributed by atoms with Crippen molar-refractivity contribution in [3.05, 3.63) is 57.8 Å². The number of nitrogens with zero attached hydrogens (tertiary/aromatic N) is 2. The lowest BCUT2D eigenvalue weighted by Gasteiger charge is -2.35. The Labute approximate surface area is 127 Å². The topological polar surface area (TPSA) is 25.2 Å². The molecule has 0 radical (unpaired) electrons. The van der Waals surface area contributed by atoms with Gasteiger partial charge in [-0.25, -0.2) is 0 Å². The van der Waals surface area contributed by atoms with Gasteiger partial charge in [-0.3, -0.25) is 4.79 Å². The van der Waals surface area contributed by atoms with Gasteiger partial charge in [-0.15, -0.1) is 0 Å². The molecule has 4 heteroatoms. The zero-order valence-electron chi connectivity index (χ0n) is 11.6. The fourth-order valence-electron chi connectivity index (χ4n) is 2.89. The van der Waals surface area contributed by atoms with E-state index >= 15 is 0 Å². The third-order valence-corrected chi connectivity index (χ3v) is 4.52. The smallest absolute Gasteiger partial charge is 0.254 e. The van der Waals surface area contributed by atoms with Gasteiger partial charge in [0.1, 0.15) is 0 Å². The predicted octanol–water partition coefficient (Wildman–Crippen LogP) is 3.78. The lowest BCUT2D eigenvalue weighted by atomic mass is 10.1. The van der Waals surface area contributed by atoms with Crippen molar-refractivity contribution in [2.24, 2.45) is 0 Å². The van der Waals surface area contributed by atoms with E-state index in [0.717, 1.165) is 23.1 Å². The minimum Gasteiger partial charge on any atom is -0.345 e. The van der Waals surface area contributed by atoms with Gasteiger partial charge < -0.3 is 9.47 Å². The van der Waals surface area contributed by atoms with Crippen LogP contribution in [-0.2, 0) is 6.54 Å². The monoisotopic (exact) mass is 332 g/mol. The summed E-state index contributed by atoms with van der Waals surface area (Å²) in [6, 6.07) is 12.0. The molecule has 0 spiro atoms. The second-order valence-corrected chi connectivity index (χ2v) is 6.15. The van der Waals surface area contributed by atoms with Crippen LogP contribution in [0.2, 0.25) is 0 Å². The number of benzene rings is 1. The summed E-state index contributed by atoms with van der Waals surface area (Å²) in [5.74, 6) is 0.101. The van der Waals surface area contributed by atoms with Crippen LogP contribution in [0.1, 0.15) is 34.7 Å². The van der Waals surface area contributed by atoms with E-state index in [1.54, 1.807) is 0 Å². The highest BCUT2D eigenvalue weighted by molar-refractivity contribution is 9.10. The van der Waals surface area contributed by atoms with Gasteiger partial charge in [-0.2, -0.15) is 0 Å². The number of rotatable bonds is 1. The molecule has 0 fully saturated rings. The molecule has 104 valence electrons. The maximum Gasteiger partial charge on any atom is 0.254 e. The van der Waals surface area contributed by atoms with Crippen molar-refractivity contribution in [3.63, 3.8) is 0 Å². The summed E-state index contributed by atoms with van der Waals surface area (Å²) in [6.07, 6.45) is 0. The van der Waals surface area contributed by atoms with E-state index in [1.165, 1.54) is 11.4 Å². The van der Waals surface area contributed by atoms with Crippen LogP contribution in [0.4, 0.5) is 0 Å². The Morgan fingerprint density at radius 2 is 2.05 bits per heavy atom. The Bertz CT molecular complexity index is 662. The Morgan fingerprint density at radius 3 is 2.80 bits per heavy atom. The largest absolute Gasteiger partial charge is 0.345 e. The van der Waals surface area contributed by atoms with E-state index in [2.05, 4.69) is 46.5 Å². The molecule has 0 N–H and O–H groups in total. The summed E-state index contributed by atoms with van der Waals surface area (Å²) in [5, 5.41) is 0. The van der Waals surface area contributed by atoms with E-state index in [-0.39, 0.29) is 11.9 Å². The zero-order valence-corrected chi connectivity index (χ0v) is 13.2. The number of aromatic nitrogens is 1. The third-order valence-electron chi connectivity index (χ3n) is 4.03. The number of hydrogen-bond acceptors (Lipinski definition) is 1. The van der Waals surface area contributed by atoms with Crippen molar-refractivity contribution in [2.75, 3.05) is 6.54 Å². The van der Waals surface area contributed by atoms with E-state index in [9.17, 15) is 4.79 Å². The van der Waals surface area contributed by atoms with Crippen LogP contribution in [0, 0.1) is 6.92 Å². The van der Waals surface area contributed by atoms with Crippen molar-refractivity contribution >= 4 is 21.8 Å². The summed E-state index contributed by atoms with van der Waals surface area (Å²) >= 11 is 3.42. The molecule has 1 aliphatic heterocycles. The number of fused-ring (bicyclic) bond motifs is 1. The fraction of sp³-hybridized carbons (Fsp3) is 0.312.